The zero-order chi connectivity index (χ0) is 20.3. The van der Waals surface area contributed by atoms with Gasteiger partial charge in [-0.1, -0.05) is 61.9 Å². The molecule has 2 aromatic heterocycles. The van der Waals surface area contributed by atoms with Crippen molar-refractivity contribution in [1.82, 2.24) is 15.0 Å². The normalized spacial score (nSPS) is 11.2. The molecule has 0 unspecified atom stereocenters. The zero-order valence-electron chi connectivity index (χ0n) is 17.0. The van der Waals surface area contributed by atoms with Gasteiger partial charge < -0.3 is 9.88 Å². The van der Waals surface area contributed by atoms with Gasteiger partial charge >= 0.3 is 0 Å². The second-order valence-corrected chi connectivity index (χ2v) is 7.50. The number of benzene rings is 3. The van der Waals surface area contributed by atoms with E-state index in [2.05, 4.69) is 93.5 Å². The minimum atomic E-state index is 0.924. The molecule has 0 saturated heterocycles. The molecule has 5 aromatic rings. The number of hydrogen-bond acceptors (Lipinski definition) is 3. The molecule has 0 aliphatic carbocycles. The zero-order valence-corrected chi connectivity index (χ0v) is 17.0. The van der Waals surface area contributed by atoms with Crippen LogP contribution in [0.5, 0.6) is 0 Å². The van der Waals surface area contributed by atoms with E-state index < -0.39 is 0 Å². The van der Waals surface area contributed by atoms with Crippen LogP contribution < -0.4 is 4.90 Å². The fourth-order valence-electron chi connectivity index (χ4n) is 4.02. The van der Waals surface area contributed by atoms with E-state index in [0.717, 1.165) is 58.3 Å². The Balaban J connectivity index is 1.81. The summed E-state index contributed by atoms with van der Waals surface area (Å²) in [6.45, 7) is 3.18. The number of pyridine rings is 1. The molecule has 30 heavy (non-hydrogen) atoms. The number of para-hydroxylation sites is 1. The van der Waals surface area contributed by atoms with Gasteiger partial charge in [0, 0.05) is 23.3 Å². The maximum absolute atomic E-state index is 4.61. The van der Waals surface area contributed by atoms with Gasteiger partial charge in [0.2, 0.25) is 0 Å². The third-order valence-electron chi connectivity index (χ3n) is 5.53. The Kier molecular flexibility index (Phi) is 4.89. The van der Waals surface area contributed by atoms with E-state index in [4.69, 9.17) is 0 Å². The van der Waals surface area contributed by atoms with Crippen LogP contribution in [0.2, 0.25) is 0 Å². The number of imidazole rings is 1. The number of H-pyrrole nitrogens is 1. The lowest BCUT2D eigenvalue weighted by Crippen LogP contribution is -2.19. The highest BCUT2D eigenvalue weighted by Crippen LogP contribution is 2.38. The van der Waals surface area contributed by atoms with Gasteiger partial charge in [-0.05, 0) is 42.3 Å². The van der Waals surface area contributed by atoms with Gasteiger partial charge in [-0.2, -0.15) is 0 Å². The number of nitrogens with zero attached hydrogens (tertiary/aromatic N) is 3. The van der Waals surface area contributed by atoms with Crippen LogP contribution in [0.3, 0.4) is 0 Å². The number of hydrogen-bond donors (Lipinski definition) is 1. The predicted octanol–water partition coefficient (Wildman–Crippen LogP) is 6.72. The summed E-state index contributed by atoms with van der Waals surface area (Å²) in [6, 6.07) is 27.5. The first-order valence-corrected chi connectivity index (χ1v) is 10.5. The largest absolute Gasteiger partial charge is 0.354 e. The van der Waals surface area contributed by atoms with E-state index in [-0.39, 0.29) is 0 Å². The summed E-state index contributed by atoms with van der Waals surface area (Å²) >= 11 is 0. The molecule has 0 fully saturated rings. The van der Waals surface area contributed by atoms with Gasteiger partial charge in [-0.3, -0.25) is 0 Å². The lowest BCUT2D eigenvalue weighted by atomic mass is 10.0. The summed E-state index contributed by atoms with van der Waals surface area (Å²) in [5.74, 6) is 0. The second-order valence-electron chi connectivity index (χ2n) is 7.50. The van der Waals surface area contributed by atoms with E-state index in [1.807, 2.05) is 12.1 Å². The molecule has 5 rings (SSSR count). The highest BCUT2D eigenvalue weighted by molar-refractivity contribution is 6.11. The SMILES string of the molecule is CCCCN(c1ccccc1)c1cc(-c2ccccc2)[nH]c2ccc3ncnc3c12. The fourth-order valence-corrected chi connectivity index (χ4v) is 4.02. The van der Waals surface area contributed by atoms with E-state index in [0.29, 0.717) is 0 Å². The molecule has 148 valence electrons. The molecule has 0 radical (unpaired) electrons. The molecule has 0 aliphatic rings. The van der Waals surface area contributed by atoms with Crippen LogP contribution in [0.1, 0.15) is 19.8 Å². The molecule has 4 heteroatoms. The molecule has 0 atom stereocenters. The monoisotopic (exact) mass is 392 g/mol. The maximum atomic E-state index is 4.61. The van der Waals surface area contributed by atoms with Crippen LogP contribution in [0.4, 0.5) is 11.4 Å². The number of unbranched alkanes of at least 4 members (excludes halogenated alkanes) is 1. The smallest absolute Gasteiger partial charge is 0.116 e. The van der Waals surface area contributed by atoms with Gasteiger partial charge in [0.15, 0.2) is 0 Å². The second kappa shape index (κ2) is 7.99. The third kappa shape index (κ3) is 3.30. The first kappa shape index (κ1) is 18.4. The van der Waals surface area contributed by atoms with Gasteiger partial charge in [0.1, 0.15) is 11.8 Å². The quantitative estimate of drug-likeness (QED) is 0.349. The number of rotatable bonds is 6. The van der Waals surface area contributed by atoms with Crippen LogP contribution in [0.25, 0.3) is 33.2 Å². The van der Waals surface area contributed by atoms with Crippen molar-refractivity contribution in [1.29, 1.82) is 0 Å². The van der Waals surface area contributed by atoms with Crippen molar-refractivity contribution in [3.63, 3.8) is 0 Å². The molecule has 4 nitrogen and oxygen atoms in total. The summed E-state index contributed by atoms with van der Waals surface area (Å²) in [7, 11) is 0. The van der Waals surface area contributed by atoms with E-state index >= 15 is 0 Å². The summed E-state index contributed by atoms with van der Waals surface area (Å²) < 4.78 is 0. The average molecular weight is 393 g/mol. The minimum Gasteiger partial charge on any atom is -0.354 e. The molecular formula is C26H24N4. The average Bonchev–Trinajstić information content (AvgIpc) is 3.29. The Bertz CT molecular complexity index is 1280. The van der Waals surface area contributed by atoms with Crippen molar-refractivity contribution in [2.24, 2.45) is 0 Å². The summed E-state index contributed by atoms with van der Waals surface area (Å²) in [5, 5.41) is 1.12. The van der Waals surface area contributed by atoms with Crippen LogP contribution in [-0.2, 0) is 0 Å². The molecule has 0 spiro atoms. The predicted molar refractivity (Wildman–Crippen MR) is 125 cm³/mol. The molecule has 2 heterocycles. The molecule has 0 saturated carbocycles. The number of aromatic amines is 1. The lowest BCUT2D eigenvalue weighted by Gasteiger charge is -2.27. The first-order chi connectivity index (χ1) is 14.8. The van der Waals surface area contributed by atoms with Crippen LogP contribution >= 0.6 is 0 Å². The maximum Gasteiger partial charge on any atom is 0.116 e. The Morgan fingerprint density at radius 2 is 1.63 bits per heavy atom. The standard InChI is InChI=1S/C26H24N4/c1-2-3-16-30(20-12-8-5-9-13-20)24-17-23(19-10-6-4-7-11-19)29-21-14-15-22-26(25(21)24)28-18-27-22/h4-15,17-18,29H,2-3,16H2,1H3. The Morgan fingerprint density at radius 1 is 0.867 bits per heavy atom. The third-order valence-corrected chi connectivity index (χ3v) is 5.53. The highest BCUT2D eigenvalue weighted by Gasteiger charge is 2.18. The summed E-state index contributed by atoms with van der Waals surface area (Å²) in [4.78, 5) is 15.1. The van der Waals surface area contributed by atoms with Gasteiger partial charge in [-0.25, -0.2) is 9.97 Å². The van der Waals surface area contributed by atoms with Crippen molar-refractivity contribution in [2.75, 3.05) is 11.4 Å². The van der Waals surface area contributed by atoms with Gasteiger partial charge in [-0.15, -0.1) is 0 Å². The summed E-state index contributed by atoms with van der Waals surface area (Å²) in [5.41, 5.74) is 7.54. The van der Waals surface area contributed by atoms with Crippen molar-refractivity contribution in [2.45, 2.75) is 19.8 Å². The van der Waals surface area contributed by atoms with Gasteiger partial charge in [0.25, 0.3) is 0 Å². The van der Waals surface area contributed by atoms with Crippen LogP contribution in [0.15, 0.2) is 85.2 Å². The van der Waals surface area contributed by atoms with Crippen molar-refractivity contribution >= 4 is 33.3 Å². The molecular weight excluding hydrogens is 368 g/mol. The summed E-state index contributed by atoms with van der Waals surface area (Å²) in [6.07, 6.45) is 3.90. The van der Waals surface area contributed by atoms with Crippen molar-refractivity contribution < 1.29 is 0 Å². The van der Waals surface area contributed by atoms with Crippen LogP contribution in [-0.4, -0.2) is 21.5 Å². The Labute approximate surface area is 176 Å². The number of fused-ring (bicyclic) bond motifs is 3. The van der Waals surface area contributed by atoms with E-state index in [1.165, 1.54) is 5.69 Å². The minimum absolute atomic E-state index is 0.924. The Morgan fingerprint density at radius 3 is 2.40 bits per heavy atom. The van der Waals surface area contributed by atoms with E-state index in [1.54, 1.807) is 6.33 Å². The highest BCUT2D eigenvalue weighted by atomic mass is 15.1. The number of aromatic nitrogens is 3. The number of nitrogens with one attached hydrogen (secondary N) is 1. The lowest BCUT2D eigenvalue weighted by molar-refractivity contribution is 0.787. The Hall–Kier alpha value is -3.66. The fraction of sp³-hybridized carbons (Fsp3) is 0.154. The van der Waals surface area contributed by atoms with Crippen LogP contribution in [0, 0.1) is 0 Å². The van der Waals surface area contributed by atoms with Gasteiger partial charge in [0.05, 0.1) is 16.7 Å². The molecule has 3 aromatic carbocycles. The molecule has 0 amide bonds. The first-order valence-electron chi connectivity index (χ1n) is 10.5. The molecule has 1 N–H and O–H groups in total. The van der Waals surface area contributed by atoms with E-state index in [9.17, 15) is 0 Å². The number of anilines is 2. The van der Waals surface area contributed by atoms with Crippen molar-refractivity contribution in [3.05, 3.63) is 85.2 Å². The topological polar surface area (TPSA) is 44.8 Å². The molecule has 0 aliphatic heterocycles. The molecule has 0 bridgehead atoms. The van der Waals surface area contributed by atoms with Crippen molar-refractivity contribution in [3.8, 4) is 11.3 Å².